The fraction of sp³-hybridized carbons (Fsp3) is 0.533. The van der Waals surface area contributed by atoms with E-state index in [9.17, 15) is 13.6 Å². The Labute approximate surface area is 122 Å². The molecule has 1 saturated carbocycles. The minimum Gasteiger partial charge on any atom is -0.491 e. The van der Waals surface area contributed by atoms with Gasteiger partial charge in [-0.3, -0.25) is 5.32 Å². The number of halogens is 2. The number of rotatable bonds is 7. The zero-order valence-corrected chi connectivity index (χ0v) is 12.1. The quantitative estimate of drug-likeness (QED) is 0.786. The van der Waals surface area contributed by atoms with Crippen molar-refractivity contribution < 1.29 is 23.0 Å². The monoisotopic (exact) mass is 299 g/mol. The predicted octanol–water partition coefficient (Wildman–Crippen LogP) is 2.42. The van der Waals surface area contributed by atoms with Crippen LogP contribution in [-0.4, -0.2) is 30.8 Å². The lowest BCUT2D eigenvalue weighted by Crippen LogP contribution is -2.55. The van der Waals surface area contributed by atoms with Crippen LogP contribution in [0, 0.1) is 11.6 Å². The van der Waals surface area contributed by atoms with Crippen LogP contribution in [0.3, 0.4) is 0 Å². The van der Waals surface area contributed by atoms with Crippen molar-refractivity contribution in [2.75, 3.05) is 13.2 Å². The summed E-state index contributed by atoms with van der Waals surface area (Å²) in [7, 11) is 0. The molecule has 1 fully saturated rings. The van der Waals surface area contributed by atoms with Crippen molar-refractivity contribution in [2.24, 2.45) is 0 Å². The topological polar surface area (TPSA) is 47.6 Å². The second kappa shape index (κ2) is 6.39. The second-order valence-electron chi connectivity index (χ2n) is 5.37. The molecule has 6 heteroatoms. The van der Waals surface area contributed by atoms with Crippen molar-refractivity contribution in [3.8, 4) is 5.75 Å². The van der Waals surface area contributed by atoms with Crippen LogP contribution in [0.25, 0.3) is 0 Å². The van der Waals surface area contributed by atoms with E-state index in [0.717, 1.165) is 31.0 Å². The van der Waals surface area contributed by atoms with Gasteiger partial charge in [-0.05, 0) is 26.7 Å². The smallest absolute Gasteiger partial charge is 0.329 e. The molecule has 0 amide bonds. The molecule has 0 spiro atoms. The first kappa shape index (κ1) is 15.7. The molecule has 1 aliphatic carbocycles. The largest absolute Gasteiger partial charge is 0.491 e. The fourth-order valence-electron chi connectivity index (χ4n) is 1.97. The van der Waals surface area contributed by atoms with E-state index in [1.54, 1.807) is 13.8 Å². The van der Waals surface area contributed by atoms with Gasteiger partial charge in [0.1, 0.15) is 29.5 Å². The van der Waals surface area contributed by atoms with Gasteiger partial charge in [0.25, 0.3) is 0 Å². The van der Waals surface area contributed by atoms with E-state index in [0.29, 0.717) is 0 Å². The van der Waals surface area contributed by atoms with Crippen LogP contribution in [0.2, 0.25) is 0 Å². The lowest BCUT2D eigenvalue weighted by molar-refractivity contribution is -0.152. The Morgan fingerprint density at radius 2 is 1.95 bits per heavy atom. The average Bonchev–Trinajstić information content (AvgIpc) is 3.19. The van der Waals surface area contributed by atoms with E-state index in [-0.39, 0.29) is 25.0 Å². The van der Waals surface area contributed by atoms with Gasteiger partial charge in [-0.25, -0.2) is 13.6 Å². The third kappa shape index (κ3) is 4.39. The first-order valence-corrected chi connectivity index (χ1v) is 6.97. The number of hydrogen-bond acceptors (Lipinski definition) is 4. The Bertz CT molecular complexity index is 499. The van der Waals surface area contributed by atoms with Crippen LogP contribution >= 0.6 is 0 Å². The molecule has 0 aromatic heterocycles. The number of nitrogens with one attached hydrogen (secondary N) is 1. The molecule has 1 aromatic rings. The van der Waals surface area contributed by atoms with E-state index >= 15 is 0 Å². The Morgan fingerprint density at radius 3 is 2.48 bits per heavy atom. The van der Waals surface area contributed by atoms with Crippen molar-refractivity contribution in [2.45, 2.75) is 38.3 Å². The summed E-state index contributed by atoms with van der Waals surface area (Å²) in [6.07, 6.45) is 1.98. The average molecular weight is 299 g/mol. The van der Waals surface area contributed by atoms with Crippen LogP contribution in [-0.2, 0) is 9.53 Å². The van der Waals surface area contributed by atoms with E-state index in [1.807, 2.05) is 0 Å². The number of carbonyl (C=O) groups is 1. The molecule has 1 aliphatic rings. The van der Waals surface area contributed by atoms with Gasteiger partial charge < -0.3 is 9.47 Å². The first-order chi connectivity index (χ1) is 9.93. The van der Waals surface area contributed by atoms with Gasteiger partial charge >= 0.3 is 5.97 Å². The summed E-state index contributed by atoms with van der Waals surface area (Å²) in [5.74, 6) is -1.84. The van der Waals surface area contributed by atoms with Gasteiger partial charge in [-0.1, -0.05) is 0 Å². The van der Waals surface area contributed by atoms with Crippen LogP contribution in [0.4, 0.5) is 8.78 Å². The minimum atomic E-state index is -1.04. The summed E-state index contributed by atoms with van der Waals surface area (Å²) in [4.78, 5) is 12.1. The van der Waals surface area contributed by atoms with Crippen LogP contribution in [0.5, 0.6) is 5.75 Å². The fourth-order valence-corrected chi connectivity index (χ4v) is 1.97. The molecule has 4 nitrogen and oxygen atoms in total. The third-order valence-electron chi connectivity index (χ3n) is 3.19. The Hall–Kier alpha value is -1.69. The van der Waals surface area contributed by atoms with E-state index in [1.165, 1.54) is 0 Å². The van der Waals surface area contributed by atoms with Crippen LogP contribution in [0.15, 0.2) is 18.2 Å². The third-order valence-corrected chi connectivity index (χ3v) is 3.19. The van der Waals surface area contributed by atoms with Crippen LogP contribution < -0.4 is 10.1 Å². The van der Waals surface area contributed by atoms with Gasteiger partial charge in [0.05, 0.1) is 6.61 Å². The molecule has 116 valence electrons. The molecule has 1 aromatic carbocycles. The van der Waals surface area contributed by atoms with Crippen molar-refractivity contribution >= 4 is 5.97 Å². The highest BCUT2D eigenvalue weighted by Crippen LogP contribution is 2.24. The van der Waals surface area contributed by atoms with Crippen LogP contribution in [0.1, 0.15) is 26.7 Å². The Balaban J connectivity index is 2.05. The molecule has 1 N–H and O–H groups in total. The summed E-state index contributed by atoms with van der Waals surface area (Å²) >= 11 is 0. The number of hydrogen-bond donors (Lipinski definition) is 1. The lowest BCUT2D eigenvalue weighted by atomic mass is 10.0. The maximum absolute atomic E-state index is 13.1. The SMILES string of the molecule is CCOC(=O)C(C)(COc1cc(F)cc(F)c1)NC1CC1. The summed E-state index contributed by atoms with van der Waals surface area (Å²) < 4.78 is 36.7. The lowest BCUT2D eigenvalue weighted by Gasteiger charge is -2.28. The molecular weight excluding hydrogens is 280 g/mol. The van der Waals surface area contributed by atoms with E-state index < -0.39 is 23.1 Å². The number of esters is 1. The second-order valence-corrected chi connectivity index (χ2v) is 5.37. The summed E-state index contributed by atoms with van der Waals surface area (Å²) in [5, 5.41) is 3.16. The van der Waals surface area contributed by atoms with E-state index in [4.69, 9.17) is 9.47 Å². The summed E-state index contributed by atoms with van der Waals surface area (Å²) in [6, 6.07) is 3.17. The predicted molar refractivity (Wildman–Crippen MR) is 73.0 cm³/mol. The highest BCUT2D eigenvalue weighted by Gasteiger charge is 2.40. The normalized spacial score (nSPS) is 17.1. The van der Waals surface area contributed by atoms with Gasteiger partial charge in [-0.15, -0.1) is 0 Å². The van der Waals surface area contributed by atoms with Gasteiger partial charge in [0.2, 0.25) is 0 Å². The summed E-state index contributed by atoms with van der Waals surface area (Å²) in [5.41, 5.74) is -1.04. The van der Waals surface area contributed by atoms with Gasteiger partial charge in [-0.2, -0.15) is 0 Å². The molecule has 0 radical (unpaired) electrons. The highest BCUT2D eigenvalue weighted by atomic mass is 19.1. The highest BCUT2D eigenvalue weighted by molar-refractivity contribution is 5.80. The molecule has 0 aliphatic heterocycles. The molecule has 0 bridgehead atoms. The first-order valence-electron chi connectivity index (χ1n) is 6.97. The standard InChI is InChI=1S/C15H19F2NO3/c1-3-20-14(19)15(2,18-12-4-5-12)9-21-13-7-10(16)6-11(17)8-13/h6-8,12,18H,3-5,9H2,1-2H3. The van der Waals surface area contributed by atoms with Crippen molar-refractivity contribution in [3.63, 3.8) is 0 Å². The van der Waals surface area contributed by atoms with E-state index in [2.05, 4.69) is 5.32 Å². The number of benzene rings is 1. The Morgan fingerprint density at radius 1 is 1.33 bits per heavy atom. The molecule has 1 unspecified atom stereocenters. The van der Waals surface area contributed by atoms with Crippen molar-refractivity contribution in [1.29, 1.82) is 0 Å². The molecule has 0 heterocycles. The van der Waals surface area contributed by atoms with Crippen molar-refractivity contribution in [3.05, 3.63) is 29.8 Å². The Kier molecular flexibility index (Phi) is 4.77. The zero-order valence-electron chi connectivity index (χ0n) is 12.1. The molecular formula is C15H19F2NO3. The molecule has 21 heavy (non-hydrogen) atoms. The number of carbonyl (C=O) groups excluding carboxylic acids is 1. The maximum atomic E-state index is 13.1. The van der Waals surface area contributed by atoms with Gasteiger partial charge in [0.15, 0.2) is 0 Å². The van der Waals surface area contributed by atoms with Gasteiger partial charge in [0, 0.05) is 24.2 Å². The summed E-state index contributed by atoms with van der Waals surface area (Å²) in [6.45, 7) is 3.58. The van der Waals surface area contributed by atoms with Crippen molar-refractivity contribution in [1.82, 2.24) is 5.32 Å². The maximum Gasteiger partial charge on any atom is 0.329 e. The minimum absolute atomic E-state index is 0.0422. The molecule has 2 rings (SSSR count). The number of ether oxygens (including phenoxy) is 2. The zero-order chi connectivity index (χ0) is 15.5. The molecule has 0 saturated heterocycles. The molecule has 1 atom stereocenters.